The van der Waals surface area contributed by atoms with Crippen LogP contribution in [-0.2, 0) is 16.1 Å². The van der Waals surface area contributed by atoms with E-state index in [1.807, 2.05) is 4.90 Å². The van der Waals surface area contributed by atoms with Gasteiger partial charge in [0.1, 0.15) is 17.2 Å². The van der Waals surface area contributed by atoms with Crippen molar-refractivity contribution >= 4 is 11.8 Å². The monoisotopic (exact) mass is 561 g/mol. The van der Waals surface area contributed by atoms with Crippen LogP contribution in [0.5, 0.6) is 5.75 Å². The fourth-order valence-corrected chi connectivity index (χ4v) is 5.86. The van der Waals surface area contributed by atoms with Gasteiger partial charge in [-0.1, -0.05) is 17.3 Å². The number of carbonyl (C=O) groups excluding carboxylic acids is 1. The molecule has 6 rings (SSSR count). The molecule has 0 radical (unpaired) electrons. The van der Waals surface area contributed by atoms with Crippen molar-refractivity contribution < 1.29 is 41.1 Å². The van der Waals surface area contributed by atoms with E-state index < -0.39 is 18.1 Å². The van der Waals surface area contributed by atoms with Crippen molar-refractivity contribution in [2.45, 2.75) is 50.7 Å². The predicted octanol–water partition coefficient (Wildman–Crippen LogP) is 5.87. The average molecular weight is 562 g/mol. The maximum Gasteiger partial charge on any atom is 0.573 e. The molecule has 0 bridgehead atoms. The first kappa shape index (κ1) is 26.5. The Labute approximate surface area is 227 Å². The zero-order valence-electron chi connectivity index (χ0n) is 21.6. The highest BCUT2D eigenvalue weighted by Gasteiger charge is 2.43. The number of nitrogens with zero attached hydrogens (tertiary/aromatic N) is 3. The van der Waals surface area contributed by atoms with Crippen molar-refractivity contribution in [3.63, 3.8) is 0 Å². The molecule has 1 unspecified atom stereocenters. The van der Waals surface area contributed by atoms with Crippen LogP contribution >= 0.6 is 0 Å². The van der Waals surface area contributed by atoms with Gasteiger partial charge in [0, 0.05) is 36.3 Å². The summed E-state index contributed by atoms with van der Waals surface area (Å²) in [6.45, 7) is 1.38. The van der Waals surface area contributed by atoms with E-state index >= 15 is 0 Å². The van der Waals surface area contributed by atoms with E-state index in [2.05, 4.69) is 19.6 Å². The summed E-state index contributed by atoms with van der Waals surface area (Å²) in [5, 5.41) is 4.13. The molecule has 3 fully saturated rings. The van der Waals surface area contributed by atoms with Crippen LogP contribution in [0, 0.1) is 17.7 Å². The van der Waals surface area contributed by atoms with Gasteiger partial charge in [-0.25, -0.2) is 14.2 Å². The molecule has 212 valence electrons. The molecule has 1 aromatic carbocycles. The molecule has 40 heavy (non-hydrogen) atoms. The lowest BCUT2D eigenvalue weighted by Crippen LogP contribution is -2.25. The first-order valence-electron chi connectivity index (χ1n) is 13.1. The summed E-state index contributed by atoms with van der Waals surface area (Å²) < 4.78 is 74.6. The van der Waals surface area contributed by atoms with Gasteiger partial charge in [0.15, 0.2) is 11.6 Å². The van der Waals surface area contributed by atoms with E-state index in [9.17, 15) is 22.4 Å². The van der Waals surface area contributed by atoms with Crippen molar-refractivity contribution in [2.24, 2.45) is 11.8 Å². The minimum atomic E-state index is -4.84. The van der Waals surface area contributed by atoms with Crippen LogP contribution < -0.4 is 9.64 Å². The number of benzene rings is 1. The minimum absolute atomic E-state index is 0.0582. The predicted molar refractivity (Wildman–Crippen MR) is 133 cm³/mol. The topological polar surface area (TPSA) is 86.9 Å². The Kier molecular flexibility index (Phi) is 6.89. The molecule has 3 aromatic rings. The summed E-state index contributed by atoms with van der Waals surface area (Å²) in [5.41, 5.74) is 1.20. The van der Waals surface area contributed by atoms with E-state index in [0.29, 0.717) is 30.1 Å². The standard InChI is InChI=1S/C28H27F4N3O5/c1-37-27(36)16-10-22(29)26(33-11-16)35-12-17-8-19(9-18(17)13-35)38-14-21-24(34-40-25(21)15-6-7-15)20-4-2-3-5-23(20)39-28(30,31)32/h2-5,10-11,15,17-19H,6-9,12-14H2,1H3/t17-,18+,19?. The third-order valence-corrected chi connectivity index (χ3v) is 7.85. The SMILES string of the molecule is COC(=O)c1cnc(N2C[C@H]3CC(OCc4c(-c5ccccc5OC(F)(F)F)noc4C4CC4)C[C@H]3C2)c(F)c1. The smallest absolute Gasteiger partial charge is 0.465 e. The molecule has 12 heteroatoms. The van der Waals surface area contributed by atoms with E-state index in [4.69, 9.17) is 9.26 Å². The fourth-order valence-electron chi connectivity index (χ4n) is 5.86. The average Bonchev–Trinajstić information content (AvgIpc) is 3.38. The largest absolute Gasteiger partial charge is 0.573 e. The summed E-state index contributed by atoms with van der Waals surface area (Å²) in [6.07, 6.45) is -0.211. The van der Waals surface area contributed by atoms with Gasteiger partial charge < -0.3 is 23.6 Å². The Morgan fingerprint density at radius 1 is 1.15 bits per heavy atom. The maximum atomic E-state index is 14.7. The second-order valence-electron chi connectivity index (χ2n) is 10.5. The normalized spacial score (nSPS) is 22.4. The van der Waals surface area contributed by atoms with Crippen molar-refractivity contribution in [3.05, 3.63) is 59.2 Å². The van der Waals surface area contributed by atoms with E-state index in [-0.39, 0.29) is 53.2 Å². The molecule has 3 heterocycles. The van der Waals surface area contributed by atoms with Crippen LogP contribution in [0.2, 0.25) is 0 Å². The third kappa shape index (κ3) is 5.36. The van der Waals surface area contributed by atoms with Crippen molar-refractivity contribution in [1.82, 2.24) is 10.1 Å². The molecule has 2 aromatic heterocycles. The van der Waals surface area contributed by atoms with Crippen LogP contribution in [0.4, 0.5) is 23.4 Å². The number of rotatable bonds is 8. The number of aromatic nitrogens is 2. The zero-order valence-corrected chi connectivity index (χ0v) is 21.6. The van der Waals surface area contributed by atoms with Crippen LogP contribution in [0.3, 0.4) is 0 Å². The van der Waals surface area contributed by atoms with Gasteiger partial charge in [-0.05, 0) is 55.7 Å². The Balaban J connectivity index is 1.13. The summed E-state index contributed by atoms with van der Waals surface area (Å²) in [6, 6.07) is 7.01. The third-order valence-electron chi connectivity index (χ3n) is 7.85. The highest BCUT2D eigenvalue weighted by Crippen LogP contribution is 2.47. The van der Waals surface area contributed by atoms with Crippen LogP contribution in [0.1, 0.15) is 53.3 Å². The van der Waals surface area contributed by atoms with Gasteiger partial charge in [0.05, 0.1) is 25.4 Å². The summed E-state index contributed by atoms with van der Waals surface area (Å²) in [4.78, 5) is 17.7. The van der Waals surface area contributed by atoms with Gasteiger partial charge in [-0.15, -0.1) is 13.2 Å². The van der Waals surface area contributed by atoms with Gasteiger partial charge in [0.25, 0.3) is 0 Å². The number of ether oxygens (including phenoxy) is 3. The molecular formula is C28H27F4N3O5. The lowest BCUT2D eigenvalue weighted by atomic mass is 10.0. The maximum absolute atomic E-state index is 14.7. The molecule has 3 aliphatic rings. The molecule has 1 aliphatic heterocycles. The number of alkyl halides is 3. The van der Waals surface area contributed by atoms with Gasteiger partial charge in [-0.2, -0.15) is 0 Å². The lowest BCUT2D eigenvalue weighted by Gasteiger charge is -2.21. The van der Waals surface area contributed by atoms with Crippen LogP contribution in [-0.4, -0.2) is 48.8 Å². The van der Waals surface area contributed by atoms with Gasteiger partial charge in [-0.3, -0.25) is 0 Å². The quantitative estimate of drug-likeness (QED) is 0.249. The summed E-state index contributed by atoms with van der Waals surface area (Å²) >= 11 is 0. The Morgan fingerprint density at radius 3 is 2.52 bits per heavy atom. The van der Waals surface area contributed by atoms with Crippen LogP contribution in [0.15, 0.2) is 41.1 Å². The van der Waals surface area contributed by atoms with Crippen molar-refractivity contribution in [2.75, 3.05) is 25.1 Å². The molecule has 3 atom stereocenters. The number of esters is 1. The number of carbonyl (C=O) groups is 1. The number of halogens is 4. The molecule has 1 saturated heterocycles. The summed E-state index contributed by atoms with van der Waals surface area (Å²) in [7, 11) is 1.23. The number of anilines is 1. The molecule has 0 amide bonds. The molecule has 0 N–H and O–H groups in total. The molecular weight excluding hydrogens is 534 g/mol. The molecule has 8 nitrogen and oxygen atoms in total. The molecule has 2 aliphatic carbocycles. The number of hydrogen-bond donors (Lipinski definition) is 0. The Hall–Kier alpha value is -3.67. The highest BCUT2D eigenvalue weighted by atomic mass is 19.4. The van der Waals surface area contributed by atoms with Gasteiger partial charge in [0.2, 0.25) is 0 Å². The Bertz CT molecular complexity index is 1390. The Morgan fingerprint density at radius 2 is 1.88 bits per heavy atom. The number of methoxy groups -OCH3 is 1. The minimum Gasteiger partial charge on any atom is -0.465 e. The molecule has 2 saturated carbocycles. The first-order chi connectivity index (χ1) is 19.2. The second-order valence-corrected chi connectivity index (χ2v) is 10.5. The van der Waals surface area contributed by atoms with Crippen LogP contribution in [0.25, 0.3) is 11.3 Å². The first-order valence-corrected chi connectivity index (χ1v) is 13.1. The zero-order chi connectivity index (χ0) is 28.0. The van der Waals surface area contributed by atoms with Gasteiger partial charge >= 0.3 is 12.3 Å². The fraction of sp³-hybridized carbons (Fsp3) is 0.464. The number of para-hydroxylation sites is 1. The lowest BCUT2D eigenvalue weighted by molar-refractivity contribution is -0.274. The van der Waals surface area contributed by atoms with E-state index in [1.54, 1.807) is 6.07 Å². The van der Waals surface area contributed by atoms with Crippen molar-refractivity contribution in [1.29, 1.82) is 0 Å². The van der Waals surface area contributed by atoms with E-state index in [1.165, 1.54) is 31.5 Å². The highest BCUT2D eigenvalue weighted by molar-refractivity contribution is 5.89. The summed E-state index contributed by atoms with van der Waals surface area (Å²) in [5.74, 6) is 0.0319. The second kappa shape index (κ2) is 10.4. The van der Waals surface area contributed by atoms with Crippen molar-refractivity contribution in [3.8, 4) is 17.0 Å². The van der Waals surface area contributed by atoms with E-state index in [0.717, 1.165) is 31.7 Å². The number of hydrogen-bond acceptors (Lipinski definition) is 8. The molecule has 0 spiro atoms. The number of fused-ring (bicyclic) bond motifs is 1. The number of pyridine rings is 1.